The second-order valence-electron chi connectivity index (χ2n) is 5.08. The maximum Gasteiger partial charge on any atom is 0.232 e. The summed E-state index contributed by atoms with van der Waals surface area (Å²) in [6.07, 6.45) is 1.06. The van der Waals surface area contributed by atoms with Crippen molar-refractivity contribution < 1.29 is 14.4 Å². The molecule has 1 aliphatic heterocycles. The van der Waals surface area contributed by atoms with E-state index in [1.807, 2.05) is 6.07 Å². The number of ether oxygens (including phenoxy) is 2. The van der Waals surface area contributed by atoms with Gasteiger partial charge in [-0.1, -0.05) is 0 Å². The molecule has 0 fully saturated rings. The monoisotopic (exact) mass is 304 g/mol. The molecule has 1 aromatic carbocycles. The second-order valence-corrected chi connectivity index (χ2v) is 5.08. The Morgan fingerprint density at radius 1 is 1.32 bits per heavy atom. The molecule has 8 nitrogen and oxygen atoms in total. The Labute approximate surface area is 126 Å². The number of aryl methyl sites for hydroxylation is 1. The zero-order valence-corrected chi connectivity index (χ0v) is 12.4. The highest BCUT2D eigenvalue weighted by Crippen LogP contribution is 2.31. The molecule has 1 aromatic heterocycles. The molecule has 0 radical (unpaired) electrons. The molecule has 0 N–H and O–H groups in total. The summed E-state index contributed by atoms with van der Waals surface area (Å²) in [6, 6.07) is 4.83. The Morgan fingerprint density at radius 2 is 2.09 bits per heavy atom. The van der Waals surface area contributed by atoms with Gasteiger partial charge in [-0.15, -0.1) is 0 Å². The van der Waals surface area contributed by atoms with Crippen molar-refractivity contribution in [3.05, 3.63) is 34.1 Å². The van der Waals surface area contributed by atoms with Gasteiger partial charge in [0.2, 0.25) is 6.04 Å². The molecule has 3 rings (SSSR count). The third kappa shape index (κ3) is 2.47. The Hall–Kier alpha value is -2.64. The van der Waals surface area contributed by atoms with Gasteiger partial charge in [0.1, 0.15) is 12.4 Å². The highest BCUT2D eigenvalue weighted by atomic mass is 16.6. The van der Waals surface area contributed by atoms with Crippen molar-refractivity contribution in [1.29, 1.82) is 0 Å². The first kappa shape index (κ1) is 14.3. The number of methoxy groups -OCH3 is 2. The number of hydrogen-bond acceptors (Lipinski definition) is 6. The molecule has 1 aliphatic rings. The average Bonchev–Trinajstić information content (AvgIpc) is 2.97. The van der Waals surface area contributed by atoms with E-state index in [1.165, 1.54) is 0 Å². The summed E-state index contributed by atoms with van der Waals surface area (Å²) in [7, 11) is 3.14. The van der Waals surface area contributed by atoms with E-state index >= 15 is 0 Å². The number of aromatic nitrogens is 3. The average molecular weight is 304 g/mol. The van der Waals surface area contributed by atoms with E-state index in [0.717, 1.165) is 11.4 Å². The smallest absolute Gasteiger partial charge is 0.232 e. The number of nitro groups is 1. The van der Waals surface area contributed by atoms with Crippen LogP contribution in [0, 0.1) is 10.1 Å². The molecule has 0 aliphatic carbocycles. The van der Waals surface area contributed by atoms with Crippen molar-refractivity contribution in [2.75, 3.05) is 14.2 Å². The number of benzene rings is 1. The Kier molecular flexibility index (Phi) is 3.66. The fourth-order valence-electron chi connectivity index (χ4n) is 2.56. The van der Waals surface area contributed by atoms with E-state index in [4.69, 9.17) is 9.47 Å². The van der Waals surface area contributed by atoms with Crippen LogP contribution < -0.4 is 9.47 Å². The van der Waals surface area contributed by atoms with Gasteiger partial charge >= 0.3 is 0 Å². The first-order valence-corrected chi connectivity index (χ1v) is 6.92. The summed E-state index contributed by atoms with van der Waals surface area (Å²) in [5.41, 5.74) is 0.789. The molecule has 0 amide bonds. The van der Waals surface area contributed by atoms with E-state index < -0.39 is 6.04 Å². The van der Waals surface area contributed by atoms with Gasteiger partial charge in [-0.2, -0.15) is 5.10 Å². The van der Waals surface area contributed by atoms with E-state index in [-0.39, 0.29) is 11.5 Å². The fourth-order valence-corrected chi connectivity index (χ4v) is 2.56. The van der Waals surface area contributed by atoms with Crippen LogP contribution in [0.15, 0.2) is 18.2 Å². The van der Waals surface area contributed by atoms with Crippen molar-refractivity contribution in [3.63, 3.8) is 0 Å². The van der Waals surface area contributed by atoms with Crippen LogP contribution in [0.1, 0.15) is 12.2 Å². The predicted octanol–water partition coefficient (Wildman–Crippen LogP) is 1.55. The topological polar surface area (TPSA) is 92.3 Å². The predicted molar refractivity (Wildman–Crippen MR) is 77.7 cm³/mol. The molecular formula is C14H16N4O4. The molecular weight excluding hydrogens is 288 g/mol. The molecule has 1 atom stereocenters. The van der Waals surface area contributed by atoms with E-state index in [1.54, 1.807) is 31.0 Å². The maximum atomic E-state index is 10.9. The van der Waals surface area contributed by atoms with Crippen LogP contribution in [0.4, 0.5) is 0 Å². The molecule has 2 aromatic rings. The van der Waals surface area contributed by atoms with Gasteiger partial charge in [-0.25, -0.2) is 9.67 Å². The fraction of sp³-hybridized carbons (Fsp3) is 0.429. The minimum atomic E-state index is -0.590. The number of rotatable bonds is 4. The Morgan fingerprint density at radius 3 is 2.77 bits per heavy atom. The number of nitrogens with zero attached hydrogens (tertiary/aromatic N) is 4. The molecule has 0 spiro atoms. The summed E-state index contributed by atoms with van der Waals surface area (Å²) in [5, 5.41) is 15.3. The molecule has 0 saturated carbocycles. The van der Waals surface area contributed by atoms with Crippen molar-refractivity contribution in [2.24, 2.45) is 0 Å². The third-order valence-electron chi connectivity index (χ3n) is 3.77. The summed E-state index contributed by atoms with van der Waals surface area (Å²) in [4.78, 5) is 15.1. The van der Waals surface area contributed by atoms with E-state index in [0.29, 0.717) is 30.2 Å². The Bertz CT molecular complexity index is 713. The van der Waals surface area contributed by atoms with Crippen LogP contribution >= 0.6 is 0 Å². The maximum absolute atomic E-state index is 10.9. The molecule has 8 heteroatoms. The van der Waals surface area contributed by atoms with Gasteiger partial charge in [0.05, 0.1) is 14.2 Å². The second kappa shape index (κ2) is 5.63. The molecule has 116 valence electrons. The van der Waals surface area contributed by atoms with Crippen molar-refractivity contribution in [2.45, 2.75) is 25.4 Å². The largest absolute Gasteiger partial charge is 0.493 e. The lowest BCUT2D eigenvalue weighted by Crippen LogP contribution is -2.31. The quantitative estimate of drug-likeness (QED) is 0.628. The van der Waals surface area contributed by atoms with Crippen LogP contribution in [0.2, 0.25) is 0 Å². The van der Waals surface area contributed by atoms with Crippen LogP contribution in [0.3, 0.4) is 0 Å². The van der Waals surface area contributed by atoms with Gasteiger partial charge in [-0.05, 0) is 18.2 Å². The van der Waals surface area contributed by atoms with Gasteiger partial charge in [0, 0.05) is 23.3 Å². The zero-order valence-electron chi connectivity index (χ0n) is 12.4. The number of hydrogen-bond donors (Lipinski definition) is 0. The van der Waals surface area contributed by atoms with Gasteiger partial charge in [-0.3, -0.25) is 10.1 Å². The van der Waals surface area contributed by atoms with E-state index in [2.05, 4.69) is 10.1 Å². The van der Waals surface area contributed by atoms with Crippen molar-refractivity contribution >= 4 is 0 Å². The first-order chi connectivity index (χ1) is 10.6. The minimum Gasteiger partial charge on any atom is -0.493 e. The van der Waals surface area contributed by atoms with Gasteiger partial charge in [0.15, 0.2) is 17.3 Å². The van der Waals surface area contributed by atoms with Crippen LogP contribution in [0.25, 0.3) is 11.4 Å². The lowest BCUT2D eigenvalue weighted by atomic mass is 10.1. The minimum absolute atomic E-state index is 0.249. The van der Waals surface area contributed by atoms with Crippen LogP contribution in [-0.2, 0) is 13.0 Å². The SMILES string of the molecule is COc1ccc(-c2nc3n(n2)CC([N+](=O)[O-])CC3)cc1OC. The zero-order chi connectivity index (χ0) is 15.7. The summed E-state index contributed by atoms with van der Waals surface area (Å²) in [5.74, 6) is 2.54. The highest BCUT2D eigenvalue weighted by molar-refractivity contribution is 5.61. The van der Waals surface area contributed by atoms with Crippen LogP contribution in [0.5, 0.6) is 11.5 Å². The van der Waals surface area contributed by atoms with Crippen LogP contribution in [-0.4, -0.2) is 39.9 Å². The molecule has 2 heterocycles. The molecule has 0 bridgehead atoms. The number of fused-ring (bicyclic) bond motifs is 1. The standard InChI is InChI=1S/C14H16N4O4/c1-21-11-5-3-9(7-12(11)22-2)14-15-13-6-4-10(18(19)20)8-17(13)16-14/h3,5,7,10H,4,6,8H2,1-2H3. The lowest BCUT2D eigenvalue weighted by Gasteiger charge is -2.15. The van der Waals surface area contributed by atoms with Gasteiger partial charge in [0.25, 0.3) is 0 Å². The summed E-state index contributed by atoms with van der Waals surface area (Å²) < 4.78 is 12.1. The van der Waals surface area contributed by atoms with Gasteiger partial charge < -0.3 is 9.47 Å². The highest BCUT2D eigenvalue weighted by Gasteiger charge is 2.29. The molecule has 22 heavy (non-hydrogen) atoms. The molecule has 0 saturated heterocycles. The first-order valence-electron chi connectivity index (χ1n) is 6.92. The molecule has 1 unspecified atom stereocenters. The summed E-state index contributed by atoms with van der Waals surface area (Å²) >= 11 is 0. The van der Waals surface area contributed by atoms with E-state index in [9.17, 15) is 10.1 Å². The summed E-state index contributed by atoms with van der Waals surface area (Å²) in [6.45, 7) is 0.266. The van der Waals surface area contributed by atoms with Crippen molar-refractivity contribution in [3.8, 4) is 22.9 Å². The normalized spacial score (nSPS) is 16.9. The Balaban J connectivity index is 1.93. The third-order valence-corrected chi connectivity index (χ3v) is 3.77. The lowest BCUT2D eigenvalue weighted by molar-refractivity contribution is -0.527. The van der Waals surface area contributed by atoms with Crippen molar-refractivity contribution in [1.82, 2.24) is 14.8 Å².